The number of rotatable bonds is 4. The normalized spacial score (nSPS) is 13.4. The lowest BCUT2D eigenvalue weighted by molar-refractivity contribution is -0.123. The van der Waals surface area contributed by atoms with Crippen LogP contribution in [-0.2, 0) is 4.79 Å². The van der Waals surface area contributed by atoms with Gasteiger partial charge in [-0.3, -0.25) is 4.79 Å². The molecule has 0 fully saturated rings. The average Bonchev–Trinajstić information content (AvgIpc) is 2.31. The first-order chi connectivity index (χ1) is 7.95. The number of halogens is 3. The van der Waals surface area contributed by atoms with E-state index in [1.165, 1.54) is 0 Å². The lowest BCUT2D eigenvalue weighted by Crippen LogP contribution is -2.41. The lowest BCUT2D eigenvalue weighted by Gasteiger charge is -2.17. The number of amides is 1. The van der Waals surface area contributed by atoms with Gasteiger partial charge in [-0.1, -0.05) is 36.2 Å². The zero-order valence-corrected chi connectivity index (χ0v) is 12.6. The molecule has 0 saturated carbocycles. The summed E-state index contributed by atoms with van der Waals surface area (Å²) in [7, 11) is 0. The van der Waals surface area contributed by atoms with Crippen molar-refractivity contribution in [1.29, 1.82) is 0 Å². The molecule has 0 aromatic heterocycles. The largest absolute Gasteiger partial charge is 0.348 e. The molecule has 102 valence electrons. The van der Waals surface area contributed by atoms with Gasteiger partial charge in [0.1, 0.15) is 0 Å². The van der Waals surface area contributed by atoms with E-state index in [2.05, 4.69) is 5.32 Å². The Morgan fingerprint density at radius 1 is 1.39 bits per heavy atom. The molecule has 0 saturated heterocycles. The predicted octanol–water partition coefficient (Wildman–Crippen LogP) is 3.33. The quantitative estimate of drug-likeness (QED) is 0.896. The van der Waals surface area contributed by atoms with Crippen LogP contribution in [0.4, 0.5) is 0 Å². The van der Waals surface area contributed by atoms with E-state index >= 15 is 0 Å². The van der Waals surface area contributed by atoms with Crippen LogP contribution in [0.3, 0.4) is 0 Å². The zero-order valence-electron chi connectivity index (χ0n) is 10.2. The number of carbonyl (C=O) groups excluding carboxylic acids is 1. The van der Waals surface area contributed by atoms with Crippen molar-refractivity contribution in [2.75, 3.05) is 0 Å². The number of benzene rings is 1. The van der Waals surface area contributed by atoms with Crippen LogP contribution in [0.25, 0.3) is 0 Å². The third-order valence-electron chi connectivity index (χ3n) is 2.58. The minimum Gasteiger partial charge on any atom is -0.348 e. The fourth-order valence-corrected chi connectivity index (χ4v) is 1.68. The molecule has 0 spiro atoms. The fraction of sp³-hybridized carbons (Fsp3) is 0.417. The highest BCUT2D eigenvalue weighted by atomic mass is 35.5. The Kier molecular flexibility index (Phi) is 7.64. The van der Waals surface area contributed by atoms with E-state index in [1.54, 1.807) is 12.1 Å². The van der Waals surface area contributed by atoms with Gasteiger partial charge in [0.15, 0.2) is 0 Å². The smallest absolute Gasteiger partial charge is 0.237 e. The van der Waals surface area contributed by atoms with Gasteiger partial charge in [-0.25, -0.2) is 0 Å². The van der Waals surface area contributed by atoms with Crippen molar-refractivity contribution in [3.63, 3.8) is 0 Å². The van der Waals surface area contributed by atoms with E-state index in [9.17, 15) is 4.79 Å². The maximum absolute atomic E-state index is 11.6. The average molecular weight is 312 g/mol. The zero-order chi connectivity index (χ0) is 13.0. The molecule has 1 amide bonds. The number of carbonyl (C=O) groups is 1. The SMILES string of the molecule is CC[C@H](N)C(=O)NC(C)c1ccc(Cl)c(Cl)c1.Cl. The summed E-state index contributed by atoms with van der Waals surface area (Å²) in [6, 6.07) is 4.67. The highest BCUT2D eigenvalue weighted by molar-refractivity contribution is 6.42. The van der Waals surface area contributed by atoms with E-state index in [0.29, 0.717) is 16.5 Å². The summed E-state index contributed by atoms with van der Waals surface area (Å²) in [5.41, 5.74) is 6.54. The van der Waals surface area contributed by atoms with Crippen LogP contribution < -0.4 is 11.1 Å². The van der Waals surface area contributed by atoms with Gasteiger partial charge < -0.3 is 11.1 Å². The summed E-state index contributed by atoms with van der Waals surface area (Å²) >= 11 is 11.7. The second kappa shape index (κ2) is 7.85. The summed E-state index contributed by atoms with van der Waals surface area (Å²) in [5, 5.41) is 3.80. The van der Waals surface area contributed by atoms with Crippen molar-refractivity contribution < 1.29 is 4.79 Å². The van der Waals surface area contributed by atoms with E-state index in [0.717, 1.165) is 5.56 Å². The highest BCUT2D eigenvalue weighted by Gasteiger charge is 2.15. The monoisotopic (exact) mass is 310 g/mol. The van der Waals surface area contributed by atoms with Crippen molar-refractivity contribution in [1.82, 2.24) is 5.32 Å². The van der Waals surface area contributed by atoms with Crippen LogP contribution in [-0.4, -0.2) is 11.9 Å². The van der Waals surface area contributed by atoms with Crippen LogP contribution in [0.2, 0.25) is 10.0 Å². The number of nitrogens with two attached hydrogens (primary N) is 1. The molecule has 0 aliphatic heterocycles. The molecule has 0 heterocycles. The Labute approximate surface area is 123 Å². The van der Waals surface area contributed by atoms with E-state index in [1.807, 2.05) is 19.9 Å². The minimum absolute atomic E-state index is 0. The first-order valence-corrected chi connectivity index (χ1v) is 6.22. The molecule has 0 radical (unpaired) electrons. The summed E-state index contributed by atoms with van der Waals surface area (Å²) in [4.78, 5) is 11.6. The fourth-order valence-electron chi connectivity index (χ4n) is 1.37. The van der Waals surface area contributed by atoms with Crippen LogP contribution in [0, 0.1) is 0 Å². The second-order valence-corrected chi connectivity index (χ2v) is 4.73. The van der Waals surface area contributed by atoms with Gasteiger partial charge in [0.25, 0.3) is 0 Å². The Balaban J connectivity index is 0.00000289. The first-order valence-electron chi connectivity index (χ1n) is 5.46. The second-order valence-electron chi connectivity index (χ2n) is 3.92. The Bertz CT molecular complexity index is 412. The summed E-state index contributed by atoms with van der Waals surface area (Å²) in [5.74, 6) is -0.161. The Hall–Kier alpha value is -0.480. The van der Waals surface area contributed by atoms with Gasteiger partial charge in [0, 0.05) is 0 Å². The standard InChI is InChI=1S/C12H16Cl2N2O.ClH/c1-3-11(15)12(17)16-7(2)8-4-5-9(13)10(14)6-8;/h4-7,11H,3,15H2,1-2H3,(H,16,17);1H/t7?,11-;/m0./s1. The van der Waals surface area contributed by atoms with Gasteiger partial charge >= 0.3 is 0 Å². The van der Waals surface area contributed by atoms with Crippen molar-refractivity contribution in [2.45, 2.75) is 32.4 Å². The Morgan fingerprint density at radius 2 is 2.00 bits per heavy atom. The molecule has 1 aromatic carbocycles. The molecule has 6 heteroatoms. The molecule has 1 unspecified atom stereocenters. The van der Waals surface area contributed by atoms with Crippen LogP contribution >= 0.6 is 35.6 Å². The van der Waals surface area contributed by atoms with Crippen LogP contribution in [0.1, 0.15) is 31.9 Å². The molecule has 1 rings (SSSR count). The molecular formula is C12H17Cl3N2O. The van der Waals surface area contributed by atoms with Gasteiger partial charge in [0.2, 0.25) is 5.91 Å². The maximum atomic E-state index is 11.6. The summed E-state index contributed by atoms with van der Waals surface area (Å²) in [6.07, 6.45) is 0.611. The van der Waals surface area contributed by atoms with Gasteiger partial charge in [-0.15, -0.1) is 12.4 Å². The third kappa shape index (κ3) is 4.65. The Morgan fingerprint density at radius 3 is 2.50 bits per heavy atom. The van der Waals surface area contributed by atoms with E-state index in [-0.39, 0.29) is 24.4 Å². The van der Waals surface area contributed by atoms with Gasteiger partial charge in [-0.05, 0) is 31.0 Å². The molecule has 0 aliphatic rings. The van der Waals surface area contributed by atoms with Crippen LogP contribution in [0.5, 0.6) is 0 Å². The van der Waals surface area contributed by atoms with Gasteiger partial charge in [-0.2, -0.15) is 0 Å². The van der Waals surface area contributed by atoms with E-state index < -0.39 is 6.04 Å². The van der Waals surface area contributed by atoms with Crippen molar-refractivity contribution in [3.8, 4) is 0 Å². The first kappa shape index (κ1) is 17.5. The number of hydrogen-bond acceptors (Lipinski definition) is 2. The third-order valence-corrected chi connectivity index (χ3v) is 3.32. The highest BCUT2D eigenvalue weighted by Crippen LogP contribution is 2.25. The van der Waals surface area contributed by atoms with Crippen molar-refractivity contribution >= 4 is 41.5 Å². The van der Waals surface area contributed by atoms with E-state index in [4.69, 9.17) is 28.9 Å². The minimum atomic E-state index is -0.472. The molecule has 18 heavy (non-hydrogen) atoms. The number of hydrogen-bond donors (Lipinski definition) is 2. The van der Waals surface area contributed by atoms with Crippen molar-refractivity contribution in [2.24, 2.45) is 5.73 Å². The lowest BCUT2D eigenvalue weighted by atomic mass is 10.1. The molecule has 3 nitrogen and oxygen atoms in total. The summed E-state index contributed by atoms with van der Waals surface area (Å²) < 4.78 is 0. The summed E-state index contributed by atoms with van der Waals surface area (Å²) in [6.45, 7) is 3.74. The molecule has 1 aromatic rings. The molecule has 0 bridgehead atoms. The predicted molar refractivity (Wildman–Crippen MR) is 78.5 cm³/mol. The van der Waals surface area contributed by atoms with Crippen LogP contribution in [0.15, 0.2) is 18.2 Å². The van der Waals surface area contributed by atoms with Gasteiger partial charge in [0.05, 0.1) is 22.1 Å². The topological polar surface area (TPSA) is 55.1 Å². The number of nitrogens with one attached hydrogen (secondary N) is 1. The van der Waals surface area contributed by atoms with Crippen molar-refractivity contribution in [3.05, 3.63) is 33.8 Å². The molecule has 0 aliphatic carbocycles. The molecular weight excluding hydrogens is 295 g/mol. The molecule has 3 N–H and O–H groups in total. The molecule has 2 atom stereocenters. The maximum Gasteiger partial charge on any atom is 0.237 e.